The van der Waals surface area contributed by atoms with E-state index in [1.165, 1.54) is 0 Å². The molecule has 6 heteroatoms. The normalized spacial score (nSPS) is 17.9. The van der Waals surface area contributed by atoms with Crippen LogP contribution < -0.4 is 10.1 Å². The van der Waals surface area contributed by atoms with Crippen LogP contribution in [0.2, 0.25) is 0 Å². The lowest BCUT2D eigenvalue weighted by atomic mass is 10.2. The first-order chi connectivity index (χ1) is 9.90. The summed E-state index contributed by atoms with van der Waals surface area (Å²) in [5.41, 5.74) is 1.07. The van der Waals surface area contributed by atoms with Crippen molar-refractivity contribution in [2.75, 3.05) is 18.5 Å². The first-order valence-electron chi connectivity index (χ1n) is 6.60. The summed E-state index contributed by atoms with van der Waals surface area (Å²) < 4.78 is 11.1. The molecule has 2 aromatic heterocycles. The predicted octanol–water partition coefficient (Wildman–Crippen LogP) is 1.65. The number of pyridine rings is 1. The lowest BCUT2D eigenvalue weighted by Crippen LogP contribution is -2.16. The predicted molar refractivity (Wildman–Crippen MR) is 73.4 cm³/mol. The molecule has 1 atom stereocenters. The number of aromatic nitrogens is 3. The molecule has 3 rings (SSSR count). The van der Waals surface area contributed by atoms with Crippen molar-refractivity contribution in [1.29, 1.82) is 0 Å². The van der Waals surface area contributed by atoms with Crippen molar-refractivity contribution in [1.82, 2.24) is 15.0 Å². The van der Waals surface area contributed by atoms with Gasteiger partial charge >= 0.3 is 0 Å². The molecular weight excluding hydrogens is 256 g/mol. The van der Waals surface area contributed by atoms with Gasteiger partial charge in [0.15, 0.2) is 0 Å². The maximum absolute atomic E-state index is 5.77. The second kappa shape index (κ2) is 6.29. The average molecular weight is 272 g/mol. The summed E-state index contributed by atoms with van der Waals surface area (Å²) in [7, 11) is 0. The van der Waals surface area contributed by atoms with Gasteiger partial charge in [-0.1, -0.05) is 0 Å². The first kappa shape index (κ1) is 12.8. The summed E-state index contributed by atoms with van der Waals surface area (Å²) in [5, 5.41) is 3.15. The average Bonchev–Trinajstić information content (AvgIpc) is 3.00. The molecule has 1 saturated heterocycles. The summed E-state index contributed by atoms with van der Waals surface area (Å²) >= 11 is 0. The number of nitrogens with zero attached hydrogens (tertiary/aromatic N) is 3. The Bertz CT molecular complexity index is 544. The minimum Gasteiger partial charge on any atom is -0.472 e. The maximum Gasteiger partial charge on any atom is 0.222 e. The van der Waals surface area contributed by atoms with E-state index in [4.69, 9.17) is 9.47 Å². The van der Waals surface area contributed by atoms with Crippen molar-refractivity contribution >= 4 is 5.95 Å². The Morgan fingerprint density at radius 2 is 2.15 bits per heavy atom. The van der Waals surface area contributed by atoms with E-state index in [2.05, 4.69) is 20.3 Å². The fourth-order valence-corrected chi connectivity index (χ4v) is 1.97. The van der Waals surface area contributed by atoms with Crippen LogP contribution >= 0.6 is 0 Å². The fourth-order valence-electron chi connectivity index (χ4n) is 1.97. The van der Waals surface area contributed by atoms with Gasteiger partial charge in [0, 0.05) is 37.6 Å². The first-order valence-corrected chi connectivity index (χ1v) is 6.60. The van der Waals surface area contributed by atoms with Gasteiger partial charge in [-0.3, -0.25) is 0 Å². The smallest absolute Gasteiger partial charge is 0.222 e. The van der Waals surface area contributed by atoms with Crippen LogP contribution in [-0.4, -0.2) is 34.3 Å². The molecular formula is C14H16N4O2. The molecule has 0 spiro atoms. The van der Waals surface area contributed by atoms with Crippen LogP contribution in [0.4, 0.5) is 5.95 Å². The van der Waals surface area contributed by atoms with Crippen LogP contribution in [0.5, 0.6) is 5.88 Å². The summed E-state index contributed by atoms with van der Waals surface area (Å²) in [4.78, 5) is 12.4. The topological polar surface area (TPSA) is 69.2 Å². The molecule has 20 heavy (non-hydrogen) atoms. The van der Waals surface area contributed by atoms with Gasteiger partial charge in [0.1, 0.15) is 6.10 Å². The highest BCUT2D eigenvalue weighted by Gasteiger charge is 2.17. The molecule has 1 aliphatic rings. The van der Waals surface area contributed by atoms with E-state index >= 15 is 0 Å². The molecule has 0 aromatic carbocycles. The van der Waals surface area contributed by atoms with E-state index in [9.17, 15) is 0 Å². The summed E-state index contributed by atoms with van der Waals surface area (Å²) in [5.74, 6) is 1.24. The number of anilines is 1. The minimum atomic E-state index is 0.114. The second-order valence-electron chi connectivity index (χ2n) is 4.53. The maximum atomic E-state index is 5.77. The Morgan fingerprint density at radius 1 is 1.25 bits per heavy atom. The SMILES string of the molecule is c1cnc(NCc2ccnc(OC3CCOC3)c2)nc1. The number of hydrogen-bond donors (Lipinski definition) is 1. The van der Waals surface area contributed by atoms with E-state index in [1.54, 1.807) is 24.7 Å². The van der Waals surface area contributed by atoms with E-state index in [1.807, 2.05) is 12.1 Å². The van der Waals surface area contributed by atoms with Crippen LogP contribution in [0.3, 0.4) is 0 Å². The van der Waals surface area contributed by atoms with Crippen LogP contribution in [-0.2, 0) is 11.3 Å². The molecule has 6 nitrogen and oxygen atoms in total. The van der Waals surface area contributed by atoms with E-state index in [0.29, 0.717) is 25.0 Å². The molecule has 1 fully saturated rings. The van der Waals surface area contributed by atoms with E-state index in [-0.39, 0.29) is 6.10 Å². The highest BCUT2D eigenvalue weighted by atomic mass is 16.5. The molecule has 0 saturated carbocycles. The molecule has 104 valence electrons. The van der Waals surface area contributed by atoms with E-state index in [0.717, 1.165) is 18.6 Å². The van der Waals surface area contributed by atoms with Gasteiger partial charge in [-0.05, 0) is 17.7 Å². The second-order valence-corrected chi connectivity index (χ2v) is 4.53. The molecule has 1 aliphatic heterocycles. The van der Waals surface area contributed by atoms with Crippen molar-refractivity contribution in [2.45, 2.75) is 19.1 Å². The lowest BCUT2D eigenvalue weighted by Gasteiger charge is -2.11. The van der Waals surface area contributed by atoms with Gasteiger partial charge in [0.05, 0.1) is 13.2 Å². The zero-order valence-corrected chi connectivity index (χ0v) is 11.0. The zero-order valence-electron chi connectivity index (χ0n) is 11.0. The highest BCUT2D eigenvalue weighted by molar-refractivity contribution is 5.28. The summed E-state index contributed by atoms with van der Waals surface area (Å²) in [6, 6.07) is 5.65. The van der Waals surface area contributed by atoms with Crippen LogP contribution in [0, 0.1) is 0 Å². The van der Waals surface area contributed by atoms with E-state index < -0.39 is 0 Å². The monoisotopic (exact) mass is 272 g/mol. The number of hydrogen-bond acceptors (Lipinski definition) is 6. The van der Waals surface area contributed by atoms with Crippen molar-refractivity contribution in [3.63, 3.8) is 0 Å². The molecule has 0 bridgehead atoms. The van der Waals surface area contributed by atoms with Crippen LogP contribution in [0.15, 0.2) is 36.8 Å². The quantitative estimate of drug-likeness (QED) is 0.892. The van der Waals surface area contributed by atoms with Crippen LogP contribution in [0.25, 0.3) is 0 Å². The largest absolute Gasteiger partial charge is 0.472 e. The molecule has 2 aromatic rings. The van der Waals surface area contributed by atoms with Crippen molar-refractivity contribution in [3.8, 4) is 5.88 Å². The highest BCUT2D eigenvalue weighted by Crippen LogP contribution is 2.16. The number of nitrogens with one attached hydrogen (secondary N) is 1. The molecule has 3 heterocycles. The molecule has 0 radical (unpaired) electrons. The van der Waals surface area contributed by atoms with Gasteiger partial charge in [-0.2, -0.15) is 0 Å². The fraction of sp³-hybridized carbons (Fsp3) is 0.357. The summed E-state index contributed by atoms with van der Waals surface area (Å²) in [6.07, 6.45) is 6.19. The lowest BCUT2D eigenvalue weighted by molar-refractivity contribution is 0.138. The van der Waals surface area contributed by atoms with Crippen LogP contribution in [0.1, 0.15) is 12.0 Å². The zero-order chi connectivity index (χ0) is 13.6. The third-order valence-corrected chi connectivity index (χ3v) is 2.99. The van der Waals surface area contributed by atoms with Gasteiger partial charge in [-0.15, -0.1) is 0 Å². The van der Waals surface area contributed by atoms with Crippen molar-refractivity contribution in [2.24, 2.45) is 0 Å². The van der Waals surface area contributed by atoms with Gasteiger partial charge in [0.2, 0.25) is 11.8 Å². The molecule has 1 N–H and O–H groups in total. The van der Waals surface area contributed by atoms with Gasteiger partial charge < -0.3 is 14.8 Å². The minimum absolute atomic E-state index is 0.114. The molecule has 0 amide bonds. The standard InChI is InChI=1S/C14H16N4O2/c1-4-16-14(17-5-1)18-9-11-2-6-15-13(8-11)20-12-3-7-19-10-12/h1-2,4-6,8,12H,3,7,9-10H2,(H,16,17,18). The third kappa shape index (κ3) is 3.42. The van der Waals surface area contributed by atoms with Gasteiger partial charge in [0.25, 0.3) is 0 Å². The molecule has 1 unspecified atom stereocenters. The Morgan fingerprint density at radius 3 is 2.95 bits per heavy atom. The Labute approximate surface area is 117 Å². The van der Waals surface area contributed by atoms with Crippen molar-refractivity contribution in [3.05, 3.63) is 42.4 Å². The number of rotatable bonds is 5. The van der Waals surface area contributed by atoms with Gasteiger partial charge in [-0.25, -0.2) is 15.0 Å². The Balaban J connectivity index is 1.59. The summed E-state index contributed by atoms with van der Waals surface area (Å²) in [6.45, 7) is 2.03. The Hall–Kier alpha value is -2.21. The van der Waals surface area contributed by atoms with Crippen molar-refractivity contribution < 1.29 is 9.47 Å². The molecule has 0 aliphatic carbocycles. The number of ether oxygens (including phenoxy) is 2. The Kier molecular flexibility index (Phi) is 4.03. The third-order valence-electron chi connectivity index (χ3n) is 2.99.